The van der Waals surface area contributed by atoms with Gasteiger partial charge in [0, 0.05) is 6.42 Å². The van der Waals surface area contributed by atoms with Crippen LogP contribution in [0.4, 0.5) is 0 Å². The van der Waals surface area contributed by atoms with E-state index in [1.807, 2.05) is 0 Å². The summed E-state index contributed by atoms with van der Waals surface area (Å²) in [6, 6.07) is 0.214. The van der Waals surface area contributed by atoms with E-state index in [1.165, 1.54) is 19.3 Å². The van der Waals surface area contributed by atoms with Crippen molar-refractivity contribution in [1.82, 2.24) is 4.90 Å². The van der Waals surface area contributed by atoms with Gasteiger partial charge in [-0.2, -0.15) is 0 Å². The molecule has 88 valence electrons. The van der Waals surface area contributed by atoms with Crippen LogP contribution in [0.15, 0.2) is 0 Å². The highest BCUT2D eigenvalue weighted by molar-refractivity contribution is 5.84. The molecule has 1 saturated carbocycles. The standard InChI is InChI=1S/C13H25NO/c1-11(2)9-10-14(3)12-7-5-4-6-8-13(12)15/h11-12H,4-10H2,1-3H3. The zero-order chi connectivity index (χ0) is 11.3. The molecule has 0 spiro atoms. The molecule has 1 fully saturated rings. The minimum absolute atomic E-state index is 0.214. The van der Waals surface area contributed by atoms with E-state index in [4.69, 9.17) is 0 Å². The molecule has 0 aromatic rings. The summed E-state index contributed by atoms with van der Waals surface area (Å²) in [5.74, 6) is 1.20. The van der Waals surface area contributed by atoms with Crippen molar-refractivity contribution >= 4 is 5.78 Å². The second-order valence-corrected chi connectivity index (χ2v) is 5.24. The molecule has 0 bridgehead atoms. The van der Waals surface area contributed by atoms with Crippen molar-refractivity contribution < 1.29 is 4.79 Å². The van der Waals surface area contributed by atoms with Gasteiger partial charge in [0.15, 0.2) is 0 Å². The van der Waals surface area contributed by atoms with Crippen molar-refractivity contribution in [1.29, 1.82) is 0 Å². The predicted molar refractivity (Wildman–Crippen MR) is 64.0 cm³/mol. The molecule has 2 heteroatoms. The third-order valence-corrected chi connectivity index (χ3v) is 3.36. The number of likely N-dealkylation sites (N-methyl/N-ethyl adjacent to an activating group) is 1. The quantitative estimate of drug-likeness (QED) is 0.666. The van der Waals surface area contributed by atoms with Gasteiger partial charge in [-0.1, -0.05) is 26.7 Å². The first kappa shape index (κ1) is 12.7. The van der Waals surface area contributed by atoms with Gasteiger partial charge in [0.1, 0.15) is 5.78 Å². The molecule has 0 N–H and O–H groups in total. The van der Waals surface area contributed by atoms with E-state index in [9.17, 15) is 4.79 Å². The molecule has 1 rings (SSSR count). The molecule has 0 amide bonds. The first-order valence-corrected chi connectivity index (χ1v) is 6.34. The fraction of sp³-hybridized carbons (Fsp3) is 0.923. The molecule has 0 heterocycles. The lowest BCUT2D eigenvalue weighted by Gasteiger charge is -2.26. The molecule has 1 unspecified atom stereocenters. The van der Waals surface area contributed by atoms with E-state index in [-0.39, 0.29) is 6.04 Å². The Labute approximate surface area is 94.0 Å². The van der Waals surface area contributed by atoms with Crippen LogP contribution in [0.5, 0.6) is 0 Å². The SMILES string of the molecule is CC(C)CCN(C)C1CCCCCC1=O. The van der Waals surface area contributed by atoms with E-state index in [1.54, 1.807) is 0 Å². The van der Waals surface area contributed by atoms with Gasteiger partial charge in [0.25, 0.3) is 0 Å². The van der Waals surface area contributed by atoms with Gasteiger partial charge < -0.3 is 0 Å². The Hall–Kier alpha value is -0.370. The molecule has 15 heavy (non-hydrogen) atoms. The van der Waals surface area contributed by atoms with Crippen molar-refractivity contribution in [2.45, 2.75) is 58.4 Å². The lowest BCUT2D eigenvalue weighted by atomic mass is 10.0. The van der Waals surface area contributed by atoms with Crippen LogP contribution in [0.25, 0.3) is 0 Å². The number of Topliss-reactive ketones (excluding diaryl/α,β-unsaturated/α-hetero) is 1. The normalized spacial score (nSPS) is 23.5. The fourth-order valence-corrected chi connectivity index (χ4v) is 2.23. The molecule has 1 aliphatic rings. The first-order chi connectivity index (χ1) is 7.11. The second-order valence-electron chi connectivity index (χ2n) is 5.24. The molecular weight excluding hydrogens is 186 g/mol. The van der Waals surface area contributed by atoms with Gasteiger partial charge in [-0.3, -0.25) is 9.69 Å². The van der Waals surface area contributed by atoms with Crippen molar-refractivity contribution in [2.75, 3.05) is 13.6 Å². The number of ketones is 1. The molecular formula is C13H25NO. The summed E-state index contributed by atoms with van der Waals surface area (Å²) >= 11 is 0. The summed E-state index contributed by atoms with van der Waals surface area (Å²) in [5, 5.41) is 0. The maximum atomic E-state index is 11.9. The number of hydrogen-bond acceptors (Lipinski definition) is 2. The van der Waals surface area contributed by atoms with Crippen LogP contribution in [-0.2, 0) is 4.79 Å². The van der Waals surface area contributed by atoms with Gasteiger partial charge in [-0.05, 0) is 38.8 Å². The van der Waals surface area contributed by atoms with Crippen LogP contribution in [0.2, 0.25) is 0 Å². The number of rotatable bonds is 4. The summed E-state index contributed by atoms with van der Waals surface area (Å²) in [6.45, 7) is 5.54. The topological polar surface area (TPSA) is 20.3 Å². The Morgan fingerprint density at radius 3 is 2.73 bits per heavy atom. The number of hydrogen-bond donors (Lipinski definition) is 0. The highest BCUT2D eigenvalue weighted by atomic mass is 16.1. The van der Waals surface area contributed by atoms with Crippen LogP contribution in [0.1, 0.15) is 52.4 Å². The zero-order valence-corrected chi connectivity index (χ0v) is 10.5. The average Bonchev–Trinajstić information content (AvgIpc) is 2.39. The molecule has 1 atom stereocenters. The third-order valence-electron chi connectivity index (χ3n) is 3.36. The summed E-state index contributed by atoms with van der Waals surface area (Å²) < 4.78 is 0. The summed E-state index contributed by atoms with van der Waals surface area (Å²) in [6.07, 6.45) is 6.64. The maximum Gasteiger partial charge on any atom is 0.149 e. The maximum absolute atomic E-state index is 11.9. The first-order valence-electron chi connectivity index (χ1n) is 6.34. The van der Waals surface area contributed by atoms with Crippen LogP contribution in [0.3, 0.4) is 0 Å². The molecule has 0 saturated heterocycles. The summed E-state index contributed by atoms with van der Waals surface area (Å²) in [4.78, 5) is 14.1. The fourth-order valence-electron chi connectivity index (χ4n) is 2.23. The Balaban J connectivity index is 2.41. The number of carbonyl (C=O) groups is 1. The van der Waals surface area contributed by atoms with Crippen LogP contribution < -0.4 is 0 Å². The molecule has 0 aliphatic heterocycles. The average molecular weight is 211 g/mol. The van der Waals surface area contributed by atoms with Gasteiger partial charge >= 0.3 is 0 Å². The van der Waals surface area contributed by atoms with Gasteiger partial charge in [-0.25, -0.2) is 0 Å². The Kier molecular flexibility index (Phi) is 5.30. The van der Waals surface area contributed by atoms with E-state index >= 15 is 0 Å². The lowest BCUT2D eigenvalue weighted by molar-refractivity contribution is -0.123. The highest BCUT2D eigenvalue weighted by Crippen LogP contribution is 2.19. The zero-order valence-electron chi connectivity index (χ0n) is 10.5. The van der Waals surface area contributed by atoms with Gasteiger partial charge in [0.2, 0.25) is 0 Å². The Morgan fingerprint density at radius 1 is 1.33 bits per heavy atom. The Bertz CT molecular complexity index is 201. The number of carbonyl (C=O) groups excluding carboxylic acids is 1. The van der Waals surface area contributed by atoms with Gasteiger partial charge in [-0.15, -0.1) is 0 Å². The highest BCUT2D eigenvalue weighted by Gasteiger charge is 2.24. The minimum Gasteiger partial charge on any atom is -0.298 e. The van der Waals surface area contributed by atoms with E-state index in [0.29, 0.717) is 5.78 Å². The molecule has 0 aromatic heterocycles. The number of nitrogens with zero attached hydrogens (tertiary/aromatic N) is 1. The van der Waals surface area contributed by atoms with E-state index in [0.717, 1.165) is 31.7 Å². The van der Waals surface area contributed by atoms with Crippen molar-refractivity contribution in [2.24, 2.45) is 5.92 Å². The predicted octanol–water partition coefficient (Wildman–Crippen LogP) is 2.87. The van der Waals surface area contributed by atoms with E-state index in [2.05, 4.69) is 25.8 Å². The smallest absolute Gasteiger partial charge is 0.149 e. The molecule has 0 radical (unpaired) electrons. The van der Waals surface area contributed by atoms with Gasteiger partial charge in [0.05, 0.1) is 6.04 Å². The minimum atomic E-state index is 0.214. The second kappa shape index (κ2) is 6.26. The monoisotopic (exact) mass is 211 g/mol. The van der Waals surface area contributed by atoms with Crippen molar-refractivity contribution in [3.8, 4) is 0 Å². The summed E-state index contributed by atoms with van der Waals surface area (Å²) in [5.41, 5.74) is 0. The molecule has 1 aliphatic carbocycles. The van der Waals surface area contributed by atoms with Crippen LogP contribution >= 0.6 is 0 Å². The van der Waals surface area contributed by atoms with E-state index < -0.39 is 0 Å². The molecule has 0 aromatic carbocycles. The van der Waals surface area contributed by atoms with Crippen LogP contribution in [-0.4, -0.2) is 30.3 Å². The molecule has 2 nitrogen and oxygen atoms in total. The van der Waals surface area contributed by atoms with Crippen LogP contribution in [0, 0.1) is 5.92 Å². The lowest BCUT2D eigenvalue weighted by Crippen LogP contribution is -2.38. The third kappa shape index (κ3) is 4.33. The summed E-state index contributed by atoms with van der Waals surface area (Å²) in [7, 11) is 2.11. The van der Waals surface area contributed by atoms with Crippen molar-refractivity contribution in [3.05, 3.63) is 0 Å². The Morgan fingerprint density at radius 2 is 2.07 bits per heavy atom. The largest absolute Gasteiger partial charge is 0.298 e. The van der Waals surface area contributed by atoms with Crippen molar-refractivity contribution in [3.63, 3.8) is 0 Å².